The molecule has 3 heteroatoms. The highest BCUT2D eigenvalue weighted by Gasteiger charge is 2.10. The predicted molar refractivity (Wildman–Crippen MR) is 78.2 cm³/mol. The van der Waals surface area contributed by atoms with Gasteiger partial charge in [-0.3, -0.25) is 4.79 Å². The maximum absolute atomic E-state index is 11.5. The van der Waals surface area contributed by atoms with Crippen LogP contribution in [-0.2, 0) is 6.54 Å². The molecule has 0 radical (unpaired) electrons. The molecule has 2 N–H and O–H groups in total. The van der Waals surface area contributed by atoms with Crippen LogP contribution in [0.15, 0.2) is 67.0 Å². The SMILES string of the molecule is NC(=O)c1cccc2cc[n+](Cc3ccccc3)cc12. The number of amides is 1. The van der Waals surface area contributed by atoms with Crippen molar-refractivity contribution in [2.45, 2.75) is 6.54 Å². The summed E-state index contributed by atoms with van der Waals surface area (Å²) in [5.41, 5.74) is 7.21. The molecule has 3 rings (SSSR count). The summed E-state index contributed by atoms with van der Waals surface area (Å²) in [6.07, 6.45) is 3.99. The Kier molecular flexibility index (Phi) is 3.17. The number of rotatable bonds is 3. The van der Waals surface area contributed by atoms with Gasteiger partial charge in [0.1, 0.15) is 0 Å². The first-order chi connectivity index (χ1) is 9.74. The molecule has 0 aliphatic heterocycles. The molecule has 0 unspecified atom stereocenters. The van der Waals surface area contributed by atoms with Crippen molar-refractivity contribution in [3.8, 4) is 0 Å². The van der Waals surface area contributed by atoms with Crippen molar-refractivity contribution < 1.29 is 9.36 Å². The molecule has 0 aliphatic rings. The van der Waals surface area contributed by atoms with E-state index in [9.17, 15) is 4.79 Å². The van der Waals surface area contributed by atoms with Crippen LogP contribution in [-0.4, -0.2) is 5.91 Å². The standard InChI is InChI=1S/C17H14N2O/c18-17(20)15-8-4-7-14-9-10-19(12-16(14)15)11-13-5-2-1-3-6-13/h1-10,12H,11H2,(H-,18,20)/p+1. The fraction of sp³-hybridized carbons (Fsp3) is 0.0588. The van der Waals surface area contributed by atoms with E-state index in [0.717, 1.165) is 17.3 Å². The molecule has 0 bridgehead atoms. The molecule has 1 heterocycles. The van der Waals surface area contributed by atoms with Gasteiger partial charge >= 0.3 is 0 Å². The van der Waals surface area contributed by atoms with Gasteiger partial charge in [-0.2, -0.15) is 0 Å². The zero-order valence-corrected chi connectivity index (χ0v) is 11.0. The predicted octanol–water partition coefficient (Wildman–Crippen LogP) is 2.27. The second kappa shape index (κ2) is 5.13. The first-order valence-corrected chi connectivity index (χ1v) is 6.49. The Bertz CT molecular complexity index is 766. The highest BCUT2D eigenvalue weighted by Crippen LogP contribution is 2.16. The number of nitrogens with zero attached hydrogens (tertiary/aromatic N) is 1. The first-order valence-electron chi connectivity index (χ1n) is 6.49. The maximum Gasteiger partial charge on any atom is 0.249 e. The van der Waals surface area contributed by atoms with Crippen molar-refractivity contribution in [1.29, 1.82) is 0 Å². The van der Waals surface area contributed by atoms with Crippen molar-refractivity contribution in [2.75, 3.05) is 0 Å². The van der Waals surface area contributed by atoms with Crippen LogP contribution in [0.3, 0.4) is 0 Å². The van der Waals surface area contributed by atoms with Crippen molar-refractivity contribution in [2.24, 2.45) is 5.73 Å². The van der Waals surface area contributed by atoms with Gasteiger partial charge in [0.15, 0.2) is 18.9 Å². The lowest BCUT2D eigenvalue weighted by molar-refractivity contribution is -0.687. The lowest BCUT2D eigenvalue weighted by atomic mass is 10.1. The van der Waals surface area contributed by atoms with Gasteiger partial charge in [0.2, 0.25) is 5.91 Å². The zero-order valence-electron chi connectivity index (χ0n) is 11.0. The largest absolute Gasteiger partial charge is 0.366 e. The average molecular weight is 263 g/mol. The van der Waals surface area contributed by atoms with Crippen LogP contribution in [0.1, 0.15) is 15.9 Å². The second-order valence-electron chi connectivity index (χ2n) is 4.78. The summed E-state index contributed by atoms with van der Waals surface area (Å²) in [6, 6.07) is 17.8. The Balaban J connectivity index is 2.06. The summed E-state index contributed by atoms with van der Waals surface area (Å²) < 4.78 is 2.06. The molecule has 0 fully saturated rings. The first kappa shape index (κ1) is 12.4. The van der Waals surface area contributed by atoms with Gasteiger partial charge in [0.25, 0.3) is 0 Å². The van der Waals surface area contributed by atoms with E-state index in [1.54, 1.807) is 6.07 Å². The highest BCUT2D eigenvalue weighted by atomic mass is 16.1. The van der Waals surface area contributed by atoms with E-state index >= 15 is 0 Å². The van der Waals surface area contributed by atoms with E-state index in [0.29, 0.717) is 5.56 Å². The number of carbonyl (C=O) groups is 1. The summed E-state index contributed by atoms with van der Waals surface area (Å²) in [4.78, 5) is 11.5. The number of aromatic nitrogens is 1. The Hall–Kier alpha value is -2.68. The molecular formula is C17H15N2O+. The highest BCUT2D eigenvalue weighted by molar-refractivity contribution is 6.05. The number of nitrogens with two attached hydrogens (primary N) is 1. The fourth-order valence-corrected chi connectivity index (χ4v) is 2.36. The topological polar surface area (TPSA) is 47.0 Å². The number of hydrogen-bond acceptors (Lipinski definition) is 1. The van der Waals surface area contributed by atoms with Gasteiger partial charge < -0.3 is 5.73 Å². The summed E-state index contributed by atoms with van der Waals surface area (Å²) in [5, 5.41) is 1.91. The normalized spacial score (nSPS) is 10.6. The van der Waals surface area contributed by atoms with E-state index < -0.39 is 5.91 Å². The smallest absolute Gasteiger partial charge is 0.249 e. The number of benzene rings is 2. The van der Waals surface area contributed by atoms with E-state index in [-0.39, 0.29) is 0 Å². The van der Waals surface area contributed by atoms with Crippen LogP contribution in [0.2, 0.25) is 0 Å². The van der Waals surface area contributed by atoms with Crippen LogP contribution < -0.4 is 10.3 Å². The summed E-state index contributed by atoms with van der Waals surface area (Å²) in [6.45, 7) is 0.768. The van der Waals surface area contributed by atoms with Gasteiger partial charge in [0.05, 0.1) is 10.9 Å². The molecule has 0 saturated heterocycles. The third-order valence-corrected chi connectivity index (χ3v) is 3.35. The van der Waals surface area contributed by atoms with Crippen LogP contribution >= 0.6 is 0 Å². The molecule has 2 aromatic carbocycles. The molecule has 98 valence electrons. The lowest BCUT2D eigenvalue weighted by Gasteiger charge is -2.03. The summed E-state index contributed by atoms with van der Waals surface area (Å²) >= 11 is 0. The Morgan fingerprint density at radius 2 is 1.80 bits per heavy atom. The number of hydrogen-bond donors (Lipinski definition) is 1. The minimum Gasteiger partial charge on any atom is -0.366 e. The van der Waals surface area contributed by atoms with E-state index in [4.69, 9.17) is 5.73 Å². The van der Waals surface area contributed by atoms with Gasteiger partial charge in [0, 0.05) is 11.6 Å². The summed E-state index contributed by atoms with van der Waals surface area (Å²) in [5.74, 6) is -0.395. The lowest BCUT2D eigenvalue weighted by Crippen LogP contribution is -2.33. The minimum absolute atomic E-state index is 0.395. The molecule has 0 saturated carbocycles. The van der Waals surface area contributed by atoms with Gasteiger partial charge in [-0.05, 0) is 11.5 Å². The number of pyridine rings is 1. The second-order valence-corrected chi connectivity index (χ2v) is 4.78. The maximum atomic E-state index is 11.5. The van der Waals surface area contributed by atoms with Crippen LogP contribution in [0.5, 0.6) is 0 Å². The molecule has 3 nitrogen and oxygen atoms in total. The van der Waals surface area contributed by atoms with Gasteiger partial charge in [-0.25, -0.2) is 4.57 Å². The van der Waals surface area contributed by atoms with Crippen molar-refractivity contribution in [3.63, 3.8) is 0 Å². The number of fused-ring (bicyclic) bond motifs is 1. The van der Waals surface area contributed by atoms with E-state index in [2.05, 4.69) is 16.7 Å². The number of primary amides is 1. The molecule has 0 spiro atoms. The minimum atomic E-state index is -0.395. The molecular weight excluding hydrogens is 248 g/mol. The zero-order chi connectivity index (χ0) is 13.9. The van der Waals surface area contributed by atoms with Crippen molar-refractivity contribution in [1.82, 2.24) is 0 Å². The van der Waals surface area contributed by atoms with Crippen molar-refractivity contribution >= 4 is 16.7 Å². The third-order valence-electron chi connectivity index (χ3n) is 3.35. The Morgan fingerprint density at radius 3 is 2.55 bits per heavy atom. The fourth-order valence-electron chi connectivity index (χ4n) is 2.36. The Labute approximate surface area is 117 Å². The Morgan fingerprint density at radius 1 is 1.00 bits per heavy atom. The van der Waals surface area contributed by atoms with Crippen LogP contribution in [0.4, 0.5) is 0 Å². The molecule has 0 atom stereocenters. The monoisotopic (exact) mass is 263 g/mol. The molecule has 0 aliphatic carbocycles. The molecule has 1 aromatic heterocycles. The molecule has 1 amide bonds. The summed E-state index contributed by atoms with van der Waals surface area (Å²) in [7, 11) is 0. The number of carbonyl (C=O) groups excluding carboxylic acids is 1. The van der Waals surface area contributed by atoms with E-state index in [1.165, 1.54) is 5.56 Å². The van der Waals surface area contributed by atoms with E-state index in [1.807, 2.05) is 48.8 Å². The average Bonchev–Trinajstić information content (AvgIpc) is 2.47. The third kappa shape index (κ3) is 2.38. The van der Waals surface area contributed by atoms with Gasteiger partial charge in [-0.1, -0.05) is 42.5 Å². The quantitative estimate of drug-likeness (QED) is 0.724. The van der Waals surface area contributed by atoms with Crippen LogP contribution in [0.25, 0.3) is 10.8 Å². The molecule has 20 heavy (non-hydrogen) atoms. The van der Waals surface area contributed by atoms with Gasteiger partial charge in [-0.15, -0.1) is 0 Å². The van der Waals surface area contributed by atoms with Crippen LogP contribution in [0, 0.1) is 0 Å². The van der Waals surface area contributed by atoms with Crippen molar-refractivity contribution in [3.05, 3.63) is 78.1 Å². The molecule has 3 aromatic rings.